The number of hydrogen-bond acceptors (Lipinski definition) is 3. The van der Waals surface area contributed by atoms with Gasteiger partial charge in [-0.1, -0.05) is 20.8 Å². The molecule has 21 heavy (non-hydrogen) atoms. The molecule has 1 aliphatic rings. The molecule has 3 nitrogen and oxygen atoms in total. The first-order chi connectivity index (χ1) is 10.00. The maximum Gasteiger partial charge on any atom is 0.120 e. The van der Waals surface area contributed by atoms with E-state index in [9.17, 15) is 0 Å². The summed E-state index contributed by atoms with van der Waals surface area (Å²) in [6, 6.07) is 2.22. The van der Waals surface area contributed by atoms with Crippen LogP contribution in [0.5, 0.6) is 0 Å². The lowest BCUT2D eigenvalue weighted by Gasteiger charge is -2.22. The van der Waals surface area contributed by atoms with E-state index in [-0.39, 0.29) is 0 Å². The second-order valence-electron chi connectivity index (χ2n) is 7.29. The minimum Gasteiger partial charge on any atom is -0.463 e. The van der Waals surface area contributed by atoms with Crippen LogP contribution in [0.3, 0.4) is 0 Å². The normalized spacial score (nSPS) is 19.6. The quantitative estimate of drug-likeness (QED) is 0.800. The van der Waals surface area contributed by atoms with Crippen molar-refractivity contribution in [1.29, 1.82) is 0 Å². The minimum absolute atomic E-state index is 0.503. The zero-order valence-electron chi connectivity index (χ0n) is 14.3. The Morgan fingerprint density at radius 3 is 2.86 bits per heavy atom. The molecule has 1 aliphatic heterocycles. The first-order valence-electron chi connectivity index (χ1n) is 8.51. The van der Waals surface area contributed by atoms with E-state index in [4.69, 9.17) is 4.42 Å². The highest BCUT2D eigenvalue weighted by Gasteiger charge is 2.23. The summed E-state index contributed by atoms with van der Waals surface area (Å²) < 4.78 is 6.05. The average Bonchev–Trinajstić information content (AvgIpc) is 2.66. The first kappa shape index (κ1) is 16.6. The zero-order chi connectivity index (χ0) is 15.3. The van der Waals surface area contributed by atoms with Crippen LogP contribution in [0.15, 0.2) is 10.5 Å². The average molecular weight is 292 g/mol. The fourth-order valence-corrected chi connectivity index (χ4v) is 3.08. The van der Waals surface area contributed by atoms with E-state index in [1.807, 2.05) is 0 Å². The van der Waals surface area contributed by atoms with E-state index in [1.54, 1.807) is 0 Å². The van der Waals surface area contributed by atoms with Crippen molar-refractivity contribution in [3.8, 4) is 0 Å². The highest BCUT2D eigenvalue weighted by Crippen LogP contribution is 2.30. The third kappa shape index (κ3) is 5.15. The van der Waals surface area contributed by atoms with Gasteiger partial charge in [-0.2, -0.15) is 0 Å². The highest BCUT2D eigenvalue weighted by molar-refractivity contribution is 5.20. The van der Waals surface area contributed by atoms with Gasteiger partial charge in [0.25, 0.3) is 0 Å². The molecule has 0 aromatic carbocycles. The second kappa shape index (κ2) is 7.46. The second-order valence-corrected chi connectivity index (χ2v) is 7.29. The maximum absolute atomic E-state index is 6.05. The van der Waals surface area contributed by atoms with Gasteiger partial charge in [-0.15, -0.1) is 0 Å². The smallest absolute Gasteiger partial charge is 0.120 e. The molecule has 1 N–H and O–H groups in total. The van der Waals surface area contributed by atoms with Crippen molar-refractivity contribution in [3.63, 3.8) is 0 Å². The van der Waals surface area contributed by atoms with Gasteiger partial charge in [-0.25, -0.2) is 0 Å². The lowest BCUT2D eigenvalue weighted by molar-refractivity contribution is 0.236. The van der Waals surface area contributed by atoms with Crippen LogP contribution >= 0.6 is 0 Å². The Morgan fingerprint density at radius 1 is 1.29 bits per heavy atom. The lowest BCUT2D eigenvalue weighted by atomic mass is 9.85. The molecule has 0 radical (unpaired) electrons. The van der Waals surface area contributed by atoms with Crippen LogP contribution in [0, 0.1) is 12.3 Å². The van der Waals surface area contributed by atoms with Crippen molar-refractivity contribution in [3.05, 3.63) is 23.2 Å². The molecule has 0 aliphatic carbocycles. The Balaban J connectivity index is 1.89. The van der Waals surface area contributed by atoms with Gasteiger partial charge in [-0.3, -0.25) is 4.90 Å². The number of rotatable bonds is 6. The van der Waals surface area contributed by atoms with Crippen molar-refractivity contribution in [2.45, 2.75) is 66.5 Å². The third-order valence-electron chi connectivity index (χ3n) is 4.60. The van der Waals surface area contributed by atoms with E-state index in [0.717, 1.165) is 37.6 Å². The summed E-state index contributed by atoms with van der Waals surface area (Å²) in [5.74, 6) is 2.23. The molecule has 0 saturated carbocycles. The summed E-state index contributed by atoms with van der Waals surface area (Å²) in [6.45, 7) is 14.4. The SMILES string of the molecule is CCCNCc1oc(CN2CCCC(C)(C)CC2)cc1C. The number of likely N-dealkylation sites (tertiary alicyclic amines) is 1. The summed E-state index contributed by atoms with van der Waals surface area (Å²) in [5, 5.41) is 3.42. The summed E-state index contributed by atoms with van der Waals surface area (Å²) in [7, 11) is 0. The molecule has 0 bridgehead atoms. The number of furan rings is 1. The van der Waals surface area contributed by atoms with Crippen molar-refractivity contribution in [1.82, 2.24) is 10.2 Å². The Hall–Kier alpha value is -0.800. The molecule has 1 aromatic rings. The summed E-state index contributed by atoms with van der Waals surface area (Å²) in [6.07, 6.45) is 5.10. The van der Waals surface area contributed by atoms with E-state index in [1.165, 1.54) is 37.9 Å². The van der Waals surface area contributed by atoms with Crippen LogP contribution in [0.25, 0.3) is 0 Å². The van der Waals surface area contributed by atoms with Crippen molar-refractivity contribution in [2.75, 3.05) is 19.6 Å². The summed E-state index contributed by atoms with van der Waals surface area (Å²) >= 11 is 0. The van der Waals surface area contributed by atoms with Crippen molar-refractivity contribution < 1.29 is 4.42 Å². The predicted octanol–water partition coefficient (Wildman–Crippen LogP) is 4.10. The van der Waals surface area contributed by atoms with Crippen LogP contribution in [-0.2, 0) is 13.1 Å². The number of hydrogen-bond donors (Lipinski definition) is 1. The molecule has 0 spiro atoms. The van der Waals surface area contributed by atoms with Gasteiger partial charge in [-0.05, 0) is 69.3 Å². The molecule has 1 aromatic heterocycles. The van der Waals surface area contributed by atoms with Gasteiger partial charge in [0.2, 0.25) is 0 Å². The zero-order valence-corrected chi connectivity index (χ0v) is 14.3. The molecule has 0 atom stereocenters. The number of aryl methyl sites for hydroxylation is 1. The van der Waals surface area contributed by atoms with Crippen LogP contribution in [0.1, 0.15) is 63.5 Å². The fraction of sp³-hybridized carbons (Fsp3) is 0.778. The van der Waals surface area contributed by atoms with Crippen LogP contribution < -0.4 is 5.32 Å². The van der Waals surface area contributed by atoms with E-state index in [0.29, 0.717) is 5.41 Å². The Kier molecular flexibility index (Phi) is 5.88. The predicted molar refractivity (Wildman–Crippen MR) is 88.4 cm³/mol. The number of nitrogens with one attached hydrogen (secondary N) is 1. The maximum atomic E-state index is 6.05. The largest absolute Gasteiger partial charge is 0.463 e. The van der Waals surface area contributed by atoms with Crippen molar-refractivity contribution >= 4 is 0 Å². The molecule has 3 heteroatoms. The van der Waals surface area contributed by atoms with E-state index in [2.05, 4.69) is 44.0 Å². The highest BCUT2D eigenvalue weighted by atomic mass is 16.3. The van der Waals surface area contributed by atoms with Gasteiger partial charge in [0.1, 0.15) is 11.5 Å². The molecule has 2 rings (SSSR count). The Morgan fingerprint density at radius 2 is 2.10 bits per heavy atom. The monoisotopic (exact) mass is 292 g/mol. The standard InChI is InChI=1S/C18H32N2O/c1-5-9-19-13-17-15(2)12-16(21-17)14-20-10-6-7-18(3,4)8-11-20/h12,19H,5-11,13-14H2,1-4H3. The van der Waals surface area contributed by atoms with E-state index >= 15 is 0 Å². The molecule has 1 saturated heterocycles. The molecular weight excluding hydrogens is 260 g/mol. The molecule has 120 valence electrons. The lowest BCUT2D eigenvalue weighted by Crippen LogP contribution is -2.24. The topological polar surface area (TPSA) is 28.4 Å². The van der Waals surface area contributed by atoms with Crippen LogP contribution in [0.2, 0.25) is 0 Å². The number of nitrogens with zero attached hydrogens (tertiary/aromatic N) is 1. The van der Waals surface area contributed by atoms with E-state index < -0.39 is 0 Å². The van der Waals surface area contributed by atoms with Gasteiger partial charge < -0.3 is 9.73 Å². The minimum atomic E-state index is 0.503. The van der Waals surface area contributed by atoms with Crippen LogP contribution in [0.4, 0.5) is 0 Å². The van der Waals surface area contributed by atoms with Crippen molar-refractivity contribution in [2.24, 2.45) is 5.41 Å². The summed E-state index contributed by atoms with van der Waals surface area (Å²) in [4.78, 5) is 2.55. The molecule has 2 heterocycles. The van der Waals surface area contributed by atoms with Gasteiger partial charge >= 0.3 is 0 Å². The van der Waals surface area contributed by atoms with Crippen LogP contribution in [-0.4, -0.2) is 24.5 Å². The Labute approximate surface area is 130 Å². The molecule has 0 unspecified atom stereocenters. The third-order valence-corrected chi connectivity index (χ3v) is 4.60. The summed E-state index contributed by atoms with van der Waals surface area (Å²) in [5.41, 5.74) is 1.78. The van der Waals surface area contributed by atoms with Gasteiger partial charge in [0.05, 0.1) is 13.1 Å². The molecule has 0 amide bonds. The molecular formula is C18H32N2O. The van der Waals surface area contributed by atoms with Gasteiger partial charge in [0, 0.05) is 0 Å². The first-order valence-corrected chi connectivity index (χ1v) is 8.51. The molecule has 1 fully saturated rings. The Bertz CT molecular complexity index is 436. The van der Waals surface area contributed by atoms with Gasteiger partial charge in [0.15, 0.2) is 0 Å². The fourth-order valence-electron chi connectivity index (χ4n) is 3.08.